The molecule has 5 rings (SSSR count). The third-order valence-electron chi connectivity index (χ3n) is 5.04. The van der Waals surface area contributed by atoms with E-state index in [2.05, 4.69) is 48.4 Å². The van der Waals surface area contributed by atoms with Gasteiger partial charge in [0.15, 0.2) is 5.65 Å². The van der Waals surface area contributed by atoms with E-state index < -0.39 is 0 Å². The molecule has 7 heteroatoms. The molecule has 0 spiro atoms. The van der Waals surface area contributed by atoms with Crippen molar-refractivity contribution >= 4 is 17.3 Å². The molecule has 0 unspecified atom stereocenters. The number of hydrogen-bond donors (Lipinski definition) is 0. The van der Waals surface area contributed by atoms with Crippen LogP contribution < -0.4 is 9.80 Å². The quantitative estimate of drug-likeness (QED) is 0.730. The third kappa shape index (κ3) is 2.69. The first-order valence-electron chi connectivity index (χ1n) is 8.92. The summed E-state index contributed by atoms with van der Waals surface area (Å²) in [5, 5.41) is 8.16. The topological polar surface area (TPSA) is 62.5 Å². The number of fused-ring (bicyclic) bond motifs is 1. The zero-order valence-electron chi connectivity index (χ0n) is 14.3. The summed E-state index contributed by atoms with van der Waals surface area (Å²) < 4.78 is 2.05. The number of piperazine rings is 1. The Morgan fingerprint density at radius 2 is 1.80 bits per heavy atom. The molecule has 0 N–H and O–H groups in total. The highest BCUT2D eigenvalue weighted by atomic mass is 15.3. The van der Waals surface area contributed by atoms with Gasteiger partial charge in [0.2, 0.25) is 0 Å². The predicted octanol–water partition coefficient (Wildman–Crippen LogP) is 2.03. The van der Waals surface area contributed by atoms with Gasteiger partial charge < -0.3 is 9.80 Å². The SMILES string of the molecule is Cc1cc(N2CCN(c3cccc4nncn34)CC2)nc(C2CC2)n1. The number of anilines is 2. The Morgan fingerprint density at radius 1 is 1.00 bits per heavy atom. The van der Waals surface area contributed by atoms with Crippen LogP contribution in [0.3, 0.4) is 0 Å². The van der Waals surface area contributed by atoms with Gasteiger partial charge in [-0.25, -0.2) is 9.97 Å². The van der Waals surface area contributed by atoms with Crippen LogP contribution in [-0.4, -0.2) is 50.7 Å². The minimum atomic E-state index is 0.589. The van der Waals surface area contributed by atoms with Crippen molar-refractivity contribution in [1.29, 1.82) is 0 Å². The fourth-order valence-electron chi connectivity index (χ4n) is 3.52. The maximum atomic E-state index is 4.83. The molecule has 0 atom stereocenters. The summed E-state index contributed by atoms with van der Waals surface area (Å²) in [7, 11) is 0. The second-order valence-corrected chi connectivity index (χ2v) is 6.92. The molecular weight excluding hydrogens is 314 g/mol. The van der Waals surface area contributed by atoms with Gasteiger partial charge in [0.1, 0.15) is 23.8 Å². The van der Waals surface area contributed by atoms with Gasteiger partial charge in [0, 0.05) is 43.9 Å². The van der Waals surface area contributed by atoms with Gasteiger partial charge in [0.25, 0.3) is 0 Å². The van der Waals surface area contributed by atoms with Crippen molar-refractivity contribution in [3.63, 3.8) is 0 Å². The van der Waals surface area contributed by atoms with Crippen LogP contribution in [0.5, 0.6) is 0 Å². The molecule has 25 heavy (non-hydrogen) atoms. The molecule has 2 fully saturated rings. The van der Waals surface area contributed by atoms with Crippen LogP contribution in [0.25, 0.3) is 5.65 Å². The summed E-state index contributed by atoms with van der Waals surface area (Å²) in [5.74, 6) is 3.86. The fraction of sp³-hybridized carbons (Fsp3) is 0.444. The average Bonchev–Trinajstić information content (AvgIpc) is 3.38. The average molecular weight is 335 g/mol. The fourth-order valence-corrected chi connectivity index (χ4v) is 3.52. The molecule has 128 valence electrons. The summed E-state index contributed by atoms with van der Waals surface area (Å²) in [6, 6.07) is 8.27. The number of pyridine rings is 1. The van der Waals surface area contributed by atoms with E-state index in [1.54, 1.807) is 6.33 Å². The minimum absolute atomic E-state index is 0.589. The van der Waals surface area contributed by atoms with E-state index in [1.807, 2.05) is 12.1 Å². The van der Waals surface area contributed by atoms with E-state index in [4.69, 9.17) is 4.98 Å². The van der Waals surface area contributed by atoms with E-state index in [0.29, 0.717) is 5.92 Å². The molecule has 0 bridgehead atoms. The van der Waals surface area contributed by atoms with Crippen molar-refractivity contribution in [3.8, 4) is 0 Å². The lowest BCUT2D eigenvalue weighted by atomic mass is 10.2. The number of rotatable bonds is 3. The normalized spacial score (nSPS) is 18.1. The van der Waals surface area contributed by atoms with Gasteiger partial charge >= 0.3 is 0 Å². The summed E-state index contributed by atoms with van der Waals surface area (Å²) in [6.45, 7) is 5.90. The van der Waals surface area contributed by atoms with Crippen LogP contribution in [0, 0.1) is 6.92 Å². The van der Waals surface area contributed by atoms with Crippen LogP contribution >= 0.6 is 0 Å². The monoisotopic (exact) mass is 335 g/mol. The number of aromatic nitrogens is 5. The highest BCUT2D eigenvalue weighted by Gasteiger charge is 2.28. The maximum Gasteiger partial charge on any atom is 0.162 e. The van der Waals surface area contributed by atoms with Crippen LogP contribution in [-0.2, 0) is 0 Å². The summed E-state index contributed by atoms with van der Waals surface area (Å²) in [4.78, 5) is 14.2. The molecule has 0 radical (unpaired) electrons. The van der Waals surface area contributed by atoms with Crippen molar-refractivity contribution in [2.75, 3.05) is 36.0 Å². The molecule has 4 heterocycles. The van der Waals surface area contributed by atoms with Gasteiger partial charge in [-0.15, -0.1) is 10.2 Å². The Bertz CT molecular complexity index is 907. The Balaban J connectivity index is 1.35. The summed E-state index contributed by atoms with van der Waals surface area (Å²) >= 11 is 0. The Kier molecular flexibility index (Phi) is 3.33. The number of hydrogen-bond acceptors (Lipinski definition) is 6. The molecule has 3 aromatic rings. The van der Waals surface area contributed by atoms with Crippen molar-refractivity contribution in [2.45, 2.75) is 25.7 Å². The maximum absolute atomic E-state index is 4.83. The number of nitrogens with zero attached hydrogens (tertiary/aromatic N) is 7. The van der Waals surface area contributed by atoms with Crippen molar-refractivity contribution in [1.82, 2.24) is 24.6 Å². The first-order valence-corrected chi connectivity index (χ1v) is 8.92. The molecule has 1 aliphatic carbocycles. The molecule has 3 aromatic heterocycles. The molecule has 0 amide bonds. The smallest absolute Gasteiger partial charge is 0.162 e. The van der Waals surface area contributed by atoms with Gasteiger partial charge in [-0.05, 0) is 31.9 Å². The molecule has 1 aliphatic heterocycles. The Morgan fingerprint density at radius 3 is 2.60 bits per heavy atom. The molecule has 2 aliphatic rings. The minimum Gasteiger partial charge on any atom is -0.354 e. The van der Waals surface area contributed by atoms with Crippen molar-refractivity contribution < 1.29 is 0 Å². The van der Waals surface area contributed by atoms with Gasteiger partial charge in [-0.2, -0.15) is 0 Å². The van der Waals surface area contributed by atoms with Crippen molar-refractivity contribution in [2.24, 2.45) is 0 Å². The molecule has 7 nitrogen and oxygen atoms in total. The van der Waals surface area contributed by atoms with E-state index in [9.17, 15) is 0 Å². The predicted molar refractivity (Wildman–Crippen MR) is 96.2 cm³/mol. The summed E-state index contributed by atoms with van der Waals surface area (Å²) in [5.41, 5.74) is 1.96. The molecular formula is C18H21N7. The van der Waals surface area contributed by atoms with E-state index >= 15 is 0 Å². The Labute approximate surface area is 146 Å². The summed E-state index contributed by atoms with van der Waals surface area (Å²) in [6.07, 6.45) is 4.26. The van der Waals surface area contributed by atoms with E-state index in [0.717, 1.165) is 55.0 Å². The highest BCUT2D eigenvalue weighted by Crippen LogP contribution is 2.38. The highest BCUT2D eigenvalue weighted by molar-refractivity contribution is 5.52. The van der Waals surface area contributed by atoms with Crippen LogP contribution in [0.15, 0.2) is 30.6 Å². The lowest BCUT2D eigenvalue weighted by Gasteiger charge is -2.36. The zero-order chi connectivity index (χ0) is 16.8. The van der Waals surface area contributed by atoms with Crippen LogP contribution in [0.2, 0.25) is 0 Å². The lowest BCUT2D eigenvalue weighted by molar-refractivity contribution is 0.636. The molecule has 1 saturated carbocycles. The molecule has 0 aromatic carbocycles. The van der Waals surface area contributed by atoms with Crippen molar-refractivity contribution in [3.05, 3.63) is 42.1 Å². The first kappa shape index (κ1) is 14.6. The zero-order valence-corrected chi connectivity index (χ0v) is 14.3. The number of aryl methyl sites for hydroxylation is 1. The first-order chi connectivity index (χ1) is 12.3. The third-order valence-corrected chi connectivity index (χ3v) is 5.04. The molecule has 1 saturated heterocycles. The Hall–Kier alpha value is -2.70. The second kappa shape index (κ2) is 5.68. The lowest BCUT2D eigenvalue weighted by Crippen LogP contribution is -2.47. The van der Waals surface area contributed by atoms with Crippen LogP contribution in [0.4, 0.5) is 11.6 Å². The van der Waals surface area contributed by atoms with Gasteiger partial charge in [-0.3, -0.25) is 4.40 Å². The van der Waals surface area contributed by atoms with Gasteiger partial charge in [0.05, 0.1) is 0 Å². The van der Waals surface area contributed by atoms with Gasteiger partial charge in [-0.1, -0.05) is 6.07 Å². The van der Waals surface area contributed by atoms with Crippen LogP contribution in [0.1, 0.15) is 30.3 Å². The second-order valence-electron chi connectivity index (χ2n) is 6.92. The van der Waals surface area contributed by atoms with E-state index in [1.165, 1.54) is 12.8 Å². The van der Waals surface area contributed by atoms with E-state index in [-0.39, 0.29) is 0 Å². The largest absolute Gasteiger partial charge is 0.354 e. The standard InChI is InChI=1S/C18H21N7/c1-13-11-16(21-18(20-13)14-5-6-14)23-7-9-24(10-8-23)17-4-2-3-15-22-19-12-25(15)17/h2-4,11-12,14H,5-10H2,1H3.